The summed E-state index contributed by atoms with van der Waals surface area (Å²) in [7, 11) is 0. The van der Waals surface area contributed by atoms with Crippen LogP contribution in [0, 0.1) is 0 Å². The maximum absolute atomic E-state index is 11.9. The molecule has 2 rings (SSSR count). The maximum atomic E-state index is 11.9. The molecular weight excluding hydrogens is 176 g/mol. The Labute approximate surface area is 85.8 Å². The Morgan fingerprint density at radius 2 is 2.07 bits per heavy atom. The first-order valence-electron chi connectivity index (χ1n) is 5.74. The van der Waals surface area contributed by atoms with Gasteiger partial charge in [-0.2, -0.15) is 0 Å². The lowest BCUT2D eigenvalue weighted by molar-refractivity contribution is -0.126. The molecule has 0 spiro atoms. The SMILES string of the molecule is CC(C)N1CCCC1C(=O)NC1CC1. The molecule has 1 N–H and O–H groups in total. The van der Waals surface area contributed by atoms with Crippen LogP contribution in [0.4, 0.5) is 0 Å². The van der Waals surface area contributed by atoms with Crippen LogP contribution in [0.3, 0.4) is 0 Å². The van der Waals surface area contributed by atoms with E-state index in [1.54, 1.807) is 0 Å². The van der Waals surface area contributed by atoms with Crippen molar-refractivity contribution in [3.05, 3.63) is 0 Å². The molecule has 2 aliphatic rings. The monoisotopic (exact) mass is 196 g/mol. The van der Waals surface area contributed by atoms with E-state index in [9.17, 15) is 4.79 Å². The average molecular weight is 196 g/mol. The summed E-state index contributed by atoms with van der Waals surface area (Å²) in [4.78, 5) is 14.2. The smallest absolute Gasteiger partial charge is 0.237 e. The number of likely N-dealkylation sites (tertiary alicyclic amines) is 1. The van der Waals surface area contributed by atoms with Crippen LogP contribution < -0.4 is 5.32 Å². The molecular formula is C11H20N2O. The predicted octanol–water partition coefficient (Wildman–Crippen LogP) is 1.14. The molecule has 1 aliphatic carbocycles. The molecule has 1 atom stereocenters. The maximum Gasteiger partial charge on any atom is 0.237 e. The number of carbonyl (C=O) groups is 1. The molecule has 3 nitrogen and oxygen atoms in total. The van der Waals surface area contributed by atoms with Gasteiger partial charge in [0.2, 0.25) is 5.91 Å². The van der Waals surface area contributed by atoms with Crippen LogP contribution in [0.15, 0.2) is 0 Å². The van der Waals surface area contributed by atoms with E-state index in [1.165, 1.54) is 19.3 Å². The van der Waals surface area contributed by atoms with Gasteiger partial charge in [0, 0.05) is 12.1 Å². The lowest BCUT2D eigenvalue weighted by atomic mass is 10.2. The first-order valence-corrected chi connectivity index (χ1v) is 5.74. The zero-order valence-corrected chi connectivity index (χ0v) is 9.12. The Morgan fingerprint density at radius 1 is 1.36 bits per heavy atom. The minimum absolute atomic E-state index is 0.149. The van der Waals surface area contributed by atoms with Gasteiger partial charge in [-0.1, -0.05) is 0 Å². The molecule has 1 saturated carbocycles. The third-order valence-corrected chi connectivity index (χ3v) is 3.18. The van der Waals surface area contributed by atoms with Crippen LogP contribution >= 0.6 is 0 Å². The second-order valence-corrected chi connectivity index (χ2v) is 4.77. The highest BCUT2D eigenvalue weighted by molar-refractivity contribution is 5.82. The van der Waals surface area contributed by atoms with Gasteiger partial charge >= 0.3 is 0 Å². The molecule has 1 unspecified atom stereocenters. The lowest BCUT2D eigenvalue weighted by Crippen LogP contribution is -2.46. The first kappa shape index (κ1) is 9.97. The standard InChI is InChI=1S/C11H20N2O/c1-8(2)13-7-3-4-10(13)11(14)12-9-5-6-9/h8-10H,3-7H2,1-2H3,(H,12,14). The Hall–Kier alpha value is -0.570. The molecule has 1 heterocycles. The van der Waals surface area contributed by atoms with E-state index in [0.717, 1.165) is 13.0 Å². The number of amides is 1. The number of rotatable bonds is 3. The van der Waals surface area contributed by atoms with E-state index in [2.05, 4.69) is 24.1 Å². The van der Waals surface area contributed by atoms with Crippen LogP contribution in [-0.4, -0.2) is 35.5 Å². The van der Waals surface area contributed by atoms with Gasteiger partial charge in [-0.05, 0) is 46.1 Å². The fourth-order valence-corrected chi connectivity index (χ4v) is 2.21. The Bertz CT molecular complexity index is 223. The minimum atomic E-state index is 0.149. The number of nitrogens with zero attached hydrogens (tertiary/aromatic N) is 1. The molecule has 0 aromatic carbocycles. The normalized spacial score (nSPS) is 28.4. The van der Waals surface area contributed by atoms with Crippen molar-refractivity contribution in [2.24, 2.45) is 0 Å². The molecule has 1 saturated heterocycles. The van der Waals surface area contributed by atoms with Gasteiger partial charge in [0.1, 0.15) is 0 Å². The zero-order chi connectivity index (χ0) is 10.1. The Kier molecular flexibility index (Phi) is 2.77. The highest BCUT2D eigenvalue weighted by atomic mass is 16.2. The second-order valence-electron chi connectivity index (χ2n) is 4.77. The molecule has 0 bridgehead atoms. The van der Waals surface area contributed by atoms with E-state index in [-0.39, 0.29) is 11.9 Å². The summed E-state index contributed by atoms with van der Waals surface area (Å²) < 4.78 is 0. The van der Waals surface area contributed by atoms with Crippen molar-refractivity contribution in [1.82, 2.24) is 10.2 Å². The van der Waals surface area contributed by atoms with Crippen molar-refractivity contribution in [2.75, 3.05) is 6.54 Å². The van der Waals surface area contributed by atoms with Crippen LogP contribution in [0.25, 0.3) is 0 Å². The third kappa shape index (κ3) is 2.08. The van der Waals surface area contributed by atoms with Crippen molar-refractivity contribution in [2.45, 2.75) is 57.7 Å². The van der Waals surface area contributed by atoms with Crippen molar-refractivity contribution in [3.8, 4) is 0 Å². The van der Waals surface area contributed by atoms with Gasteiger partial charge in [-0.15, -0.1) is 0 Å². The fourth-order valence-electron chi connectivity index (χ4n) is 2.21. The van der Waals surface area contributed by atoms with Crippen LogP contribution in [-0.2, 0) is 4.79 Å². The summed E-state index contributed by atoms with van der Waals surface area (Å²) in [5.41, 5.74) is 0. The number of carbonyl (C=O) groups excluding carboxylic acids is 1. The number of nitrogens with one attached hydrogen (secondary N) is 1. The quantitative estimate of drug-likeness (QED) is 0.734. The van der Waals surface area contributed by atoms with Gasteiger partial charge in [-0.3, -0.25) is 9.69 Å². The van der Waals surface area contributed by atoms with Crippen molar-refractivity contribution in [1.29, 1.82) is 0 Å². The highest BCUT2D eigenvalue weighted by Crippen LogP contribution is 2.23. The van der Waals surface area contributed by atoms with E-state index in [4.69, 9.17) is 0 Å². The van der Waals surface area contributed by atoms with E-state index < -0.39 is 0 Å². The highest BCUT2D eigenvalue weighted by Gasteiger charge is 2.34. The van der Waals surface area contributed by atoms with E-state index in [0.29, 0.717) is 12.1 Å². The summed E-state index contributed by atoms with van der Waals surface area (Å²) in [5.74, 6) is 0.263. The summed E-state index contributed by atoms with van der Waals surface area (Å²) >= 11 is 0. The van der Waals surface area contributed by atoms with Crippen LogP contribution in [0.2, 0.25) is 0 Å². The summed E-state index contributed by atoms with van der Waals surface area (Å²) in [6.07, 6.45) is 4.57. The van der Waals surface area contributed by atoms with E-state index >= 15 is 0 Å². The average Bonchev–Trinajstić information content (AvgIpc) is 2.81. The molecule has 14 heavy (non-hydrogen) atoms. The van der Waals surface area contributed by atoms with Crippen molar-refractivity contribution >= 4 is 5.91 Å². The van der Waals surface area contributed by atoms with E-state index in [1.807, 2.05) is 0 Å². The van der Waals surface area contributed by atoms with Gasteiger partial charge in [0.05, 0.1) is 6.04 Å². The number of hydrogen-bond acceptors (Lipinski definition) is 2. The molecule has 0 radical (unpaired) electrons. The Morgan fingerprint density at radius 3 is 2.64 bits per heavy atom. The topological polar surface area (TPSA) is 32.3 Å². The van der Waals surface area contributed by atoms with Crippen LogP contribution in [0.5, 0.6) is 0 Å². The summed E-state index contributed by atoms with van der Waals surface area (Å²) in [5, 5.41) is 3.10. The van der Waals surface area contributed by atoms with Crippen molar-refractivity contribution < 1.29 is 4.79 Å². The van der Waals surface area contributed by atoms with Crippen molar-refractivity contribution in [3.63, 3.8) is 0 Å². The third-order valence-electron chi connectivity index (χ3n) is 3.18. The van der Waals surface area contributed by atoms with Gasteiger partial charge in [0.15, 0.2) is 0 Å². The minimum Gasteiger partial charge on any atom is -0.352 e. The zero-order valence-electron chi connectivity index (χ0n) is 9.12. The number of hydrogen-bond donors (Lipinski definition) is 1. The summed E-state index contributed by atoms with van der Waals surface area (Å²) in [6, 6.07) is 1.14. The fraction of sp³-hybridized carbons (Fsp3) is 0.909. The molecule has 80 valence electrons. The first-order chi connectivity index (χ1) is 6.68. The van der Waals surface area contributed by atoms with Gasteiger partial charge in [0.25, 0.3) is 0 Å². The largest absolute Gasteiger partial charge is 0.352 e. The van der Waals surface area contributed by atoms with Crippen LogP contribution in [0.1, 0.15) is 39.5 Å². The molecule has 0 aromatic heterocycles. The molecule has 3 heteroatoms. The van der Waals surface area contributed by atoms with Gasteiger partial charge in [-0.25, -0.2) is 0 Å². The predicted molar refractivity (Wildman–Crippen MR) is 56.0 cm³/mol. The molecule has 1 aliphatic heterocycles. The lowest BCUT2D eigenvalue weighted by Gasteiger charge is -2.27. The second kappa shape index (κ2) is 3.89. The molecule has 2 fully saturated rings. The Balaban J connectivity index is 1.90. The molecule has 0 aromatic rings. The summed E-state index contributed by atoms with van der Waals surface area (Å²) in [6.45, 7) is 5.42. The molecule has 1 amide bonds. The van der Waals surface area contributed by atoms with Gasteiger partial charge < -0.3 is 5.32 Å².